The van der Waals surface area contributed by atoms with Gasteiger partial charge in [-0.1, -0.05) is 30.3 Å². The molecule has 0 radical (unpaired) electrons. The summed E-state index contributed by atoms with van der Waals surface area (Å²) in [7, 11) is 0. The Kier molecular flexibility index (Phi) is 4.73. The van der Waals surface area contributed by atoms with Gasteiger partial charge in [-0.2, -0.15) is 0 Å². The molecule has 0 fully saturated rings. The summed E-state index contributed by atoms with van der Waals surface area (Å²) < 4.78 is 0. The molecule has 0 spiro atoms. The van der Waals surface area contributed by atoms with Crippen molar-refractivity contribution in [3.8, 4) is 0 Å². The number of aryl methyl sites for hydroxylation is 2. The first-order valence-corrected chi connectivity index (χ1v) is 6.82. The molecule has 2 N–H and O–H groups in total. The second-order valence-electron chi connectivity index (χ2n) is 4.99. The van der Waals surface area contributed by atoms with Crippen LogP contribution in [-0.4, -0.2) is 11.0 Å². The first-order valence-electron chi connectivity index (χ1n) is 6.82. The molecule has 0 saturated carbocycles. The zero-order valence-electron chi connectivity index (χ0n) is 12.4. The van der Waals surface area contributed by atoms with E-state index in [4.69, 9.17) is 0 Å². The highest BCUT2D eigenvalue weighted by atomic mass is 16.6. The Hall–Kier alpha value is -2.89. The SMILES string of the molecule is Cc1ccccc1CNC(=O)Nc1cc([N+](=O)[O-])ccc1C. The maximum atomic E-state index is 11.9. The van der Waals surface area contributed by atoms with E-state index >= 15 is 0 Å². The predicted octanol–water partition coefficient (Wildman–Crippen LogP) is 3.53. The van der Waals surface area contributed by atoms with Gasteiger partial charge in [0.15, 0.2) is 0 Å². The van der Waals surface area contributed by atoms with Gasteiger partial charge in [-0.3, -0.25) is 10.1 Å². The molecule has 114 valence electrons. The topological polar surface area (TPSA) is 84.3 Å². The largest absolute Gasteiger partial charge is 0.334 e. The van der Waals surface area contributed by atoms with E-state index in [2.05, 4.69) is 10.6 Å². The molecule has 2 aromatic carbocycles. The van der Waals surface area contributed by atoms with E-state index < -0.39 is 11.0 Å². The fraction of sp³-hybridized carbons (Fsp3) is 0.188. The summed E-state index contributed by atoms with van der Waals surface area (Å²) in [6.07, 6.45) is 0. The standard InChI is InChI=1S/C16H17N3O3/c1-11-5-3-4-6-13(11)10-17-16(20)18-15-9-14(19(21)22)8-7-12(15)2/h3-9H,10H2,1-2H3,(H2,17,18,20). The zero-order chi connectivity index (χ0) is 16.1. The summed E-state index contributed by atoms with van der Waals surface area (Å²) in [6.45, 7) is 4.15. The number of amides is 2. The molecule has 0 unspecified atom stereocenters. The van der Waals surface area contributed by atoms with Crippen LogP contribution < -0.4 is 10.6 Å². The molecule has 6 nitrogen and oxygen atoms in total. The first-order chi connectivity index (χ1) is 10.5. The van der Waals surface area contributed by atoms with Gasteiger partial charge in [0.05, 0.1) is 10.6 Å². The van der Waals surface area contributed by atoms with Crippen molar-refractivity contribution in [2.24, 2.45) is 0 Å². The molecule has 2 aromatic rings. The van der Waals surface area contributed by atoms with E-state index in [0.717, 1.165) is 16.7 Å². The van der Waals surface area contributed by atoms with Gasteiger partial charge < -0.3 is 10.6 Å². The van der Waals surface area contributed by atoms with Crippen molar-refractivity contribution >= 4 is 17.4 Å². The zero-order valence-corrected chi connectivity index (χ0v) is 12.4. The van der Waals surface area contributed by atoms with Crippen LogP contribution in [0.2, 0.25) is 0 Å². The van der Waals surface area contributed by atoms with Crippen LogP contribution in [0.4, 0.5) is 16.2 Å². The molecule has 0 heterocycles. The summed E-state index contributed by atoms with van der Waals surface area (Å²) in [5.41, 5.74) is 3.25. The Labute approximate surface area is 128 Å². The molecule has 0 aliphatic heterocycles. The molecule has 0 aliphatic carbocycles. The summed E-state index contributed by atoms with van der Waals surface area (Å²) in [5.74, 6) is 0. The Balaban J connectivity index is 2.02. The van der Waals surface area contributed by atoms with Crippen LogP contribution in [-0.2, 0) is 6.54 Å². The normalized spacial score (nSPS) is 10.1. The van der Waals surface area contributed by atoms with Gasteiger partial charge in [-0.05, 0) is 30.5 Å². The maximum Gasteiger partial charge on any atom is 0.319 e. The highest BCUT2D eigenvalue weighted by molar-refractivity contribution is 5.90. The quantitative estimate of drug-likeness (QED) is 0.669. The minimum atomic E-state index is -0.490. The number of nitro groups is 1. The number of carbonyl (C=O) groups is 1. The van der Waals surface area contributed by atoms with Gasteiger partial charge in [-0.25, -0.2) is 4.79 Å². The Morgan fingerprint density at radius 1 is 1.14 bits per heavy atom. The van der Waals surface area contributed by atoms with Crippen molar-refractivity contribution in [3.05, 3.63) is 69.3 Å². The smallest absolute Gasteiger partial charge is 0.319 e. The molecule has 0 saturated heterocycles. The van der Waals surface area contributed by atoms with Crippen LogP contribution in [0.3, 0.4) is 0 Å². The lowest BCUT2D eigenvalue weighted by Gasteiger charge is -2.11. The summed E-state index contributed by atoms with van der Waals surface area (Å²) in [6, 6.07) is 11.7. The summed E-state index contributed by atoms with van der Waals surface area (Å²) in [5, 5.41) is 16.2. The van der Waals surface area contributed by atoms with E-state index in [1.54, 1.807) is 13.0 Å². The van der Waals surface area contributed by atoms with Gasteiger partial charge in [0.2, 0.25) is 0 Å². The molecule has 0 aromatic heterocycles. The molecular weight excluding hydrogens is 282 g/mol. The number of hydrogen-bond donors (Lipinski definition) is 2. The summed E-state index contributed by atoms with van der Waals surface area (Å²) in [4.78, 5) is 22.2. The van der Waals surface area contributed by atoms with Crippen molar-refractivity contribution in [3.63, 3.8) is 0 Å². The van der Waals surface area contributed by atoms with Crippen LogP contribution >= 0.6 is 0 Å². The fourth-order valence-corrected chi connectivity index (χ4v) is 2.01. The minimum Gasteiger partial charge on any atom is -0.334 e. The number of non-ortho nitro benzene ring substituents is 1. The second-order valence-corrected chi connectivity index (χ2v) is 4.99. The molecule has 22 heavy (non-hydrogen) atoms. The highest BCUT2D eigenvalue weighted by Crippen LogP contribution is 2.21. The number of nitro benzene ring substituents is 1. The van der Waals surface area contributed by atoms with Crippen LogP contribution in [0.15, 0.2) is 42.5 Å². The minimum absolute atomic E-state index is 0.0557. The third kappa shape index (κ3) is 3.82. The van der Waals surface area contributed by atoms with Crippen LogP contribution in [0.25, 0.3) is 0 Å². The molecule has 2 rings (SSSR count). The number of anilines is 1. The van der Waals surface area contributed by atoms with Crippen molar-refractivity contribution in [2.75, 3.05) is 5.32 Å². The van der Waals surface area contributed by atoms with Crippen molar-refractivity contribution in [1.29, 1.82) is 0 Å². The van der Waals surface area contributed by atoms with E-state index in [1.807, 2.05) is 31.2 Å². The highest BCUT2D eigenvalue weighted by Gasteiger charge is 2.11. The Bertz CT molecular complexity index is 714. The average Bonchev–Trinajstić information content (AvgIpc) is 2.48. The lowest BCUT2D eigenvalue weighted by Crippen LogP contribution is -2.28. The molecule has 0 aliphatic rings. The van der Waals surface area contributed by atoms with Gasteiger partial charge in [0.1, 0.15) is 0 Å². The Morgan fingerprint density at radius 2 is 1.86 bits per heavy atom. The Morgan fingerprint density at radius 3 is 2.55 bits per heavy atom. The molecular formula is C16H17N3O3. The lowest BCUT2D eigenvalue weighted by molar-refractivity contribution is -0.384. The monoisotopic (exact) mass is 299 g/mol. The number of benzene rings is 2. The fourth-order valence-electron chi connectivity index (χ4n) is 2.01. The number of nitrogens with one attached hydrogen (secondary N) is 2. The molecule has 2 amide bonds. The molecule has 0 atom stereocenters. The van der Waals surface area contributed by atoms with Crippen molar-refractivity contribution < 1.29 is 9.72 Å². The van der Waals surface area contributed by atoms with Gasteiger partial charge in [0, 0.05) is 18.7 Å². The number of nitrogens with zero attached hydrogens (tertiary/aromatic N) is 1. The van der Waals surface area contributed by atoms with Gasteiger partial charge in [0.25, 0.3) is 5.69 Å². The van der Waals surface area contributed by atoms with Crippen LogP contribution in [0, 0.1) is 24.0 Å². The van der Waals surface area contributed by atoms with Crippen molar-refractivity contribution in [1.82, 2.24) is 5.32 Å². The summed E-state index contributed by atoms with van der Waals surface area (Å²) >= 11 is 0. The van der Waals surface area contributed by atoms with Gasteiger partial charge >= 0.3 is 6.03 Å². The van der Waals surface area contributed by atoms with Crippen molar-refractivity contribution in [2.45, 2.75) is 20.4 Å². The number of rotatable bonds is 4. The lowest BCUT2D eigenvalue weighted by atomic mass is 10.1. The number of carbonyl (C=O) groups excluding carboxylic acids is 1. The predicted molar refractivity (Wildman–Crippen MR) is 84.9 cm³/mol. The van der Waals surface area contributed by atoms with E-state index in [0.29, 0.717) is 12.2 Å². The van der Waals surface area contributed by atoms with Crippen LogP contribution in [0.5, 0.6) is 0 Å². The number of urea groups is 1. The molecule has 0 bridgehead atoms. The van der Waals surface area contributed by atoms with E-state index in [9.17, 15) is 14.9 Å². The number of hydrogen-bond acceptors (Lipinski definition) is 3. The van der Waals surface area contributed by atoms with E-state index in [-0.39, 0.29) is 5.69 Å². The molecule has 6 heteroatoms. The first kappa shape index (κ1) is 15.5. The third-order valence-corrected chi connectivity index (χ3v) is 3.38. The third-order valence-electron chi connectivity index (χ3n) is 3.38. The van der Waals surface area contributed by atoms with Crippen LogP contribution in [0.1, 0.15) is 16.7 Å². The van der Waals surface area contributed by atoms with E-state index in [1.165, 1.54) is 12.1 Å². The second kappa shape index (κ2) is 6.71. The van der Waals surface area contributed by atoms with Gasteiger partial charge in [-0.15, -0.1) is 0 Å². The average molecular weight is 299 g/mol. The maximum absolute atomic E-state index is 11.9.